The zero-order chi connectivity index (χ0) is 15.1. The Morgan fingerprint density at radius 2 is 2.24 bits per heavy atom. The maximum atomic E-state index is 10.0. The van der Waals surface area contributed by atoms with Gasteiger partial charge in [0.05, 0.1) is 12.7 Å². The third-order valence-electron chi connectivity index (χ3n) is 4.00. The topological polar surface area (TPSA) is 44.7 Å². The second-order valence-electron chi connectivity index (χ2n) is 5.76. The molecule has 0 spiro atoms. The average Bonchev–Trinajstić information content (AvgIpc) is 2.66. The largest absolute Gasteiger partial charge is 0.389 e. The Balaban J connectivity index is 2.16. The van der Waals surface area contributed by atoms with Crippen molar-refractivity contribution in [3.05, 3.63) is 29.8 Å². The molecule has 1 aromatic rings. The van der Waals surface area contributed by atoms with Crippen molar-refractivity contribution in [1.82, 2.24) is 5.32 Å². The third-order valence-corrected chi connectivity index (χ3v) is 4.00. The van der Waals surface area contributed by atoms with Crippen molar-refractivity contribution in [1.29, 1.82) is 0 Å². The molecule has 4 heteroatoms. The quantitative estimate of drug-likeness (QED) is 0.809. The second kappa shape index (κ2) is 8.37. The minimum Gasteiger partial charge on any atom is -0.389 e. The molecule has 1 aliphatic rings. The van der Waals surface area contributed by atoms with Gasteiger partial charge < -0.3 is 20.1 Å². The van der Waals surface area contributed by atoms with E-state index in [0.29, 0.717) is 19.2 Å². The number of aliphatic hydroxyl groups is 1. The van der Waals surface area contributed by atoms with Crippen molar-refractivity contribution in [3.8, 4) is 0 Å². The lowest BCUT2D eigenvalue weighted by molar-refractivity contribution is 0.0688. The molecule has 2 unspecified atom stereocenters. The first-order valence-corrected chi connectivity index (χ1v) is 8.00. The maximum absolute atomic E-state index is 10.0. The minimum atomic E-state index is -0.441. The number of fused-ring (bicyclic) bond motifs is 1. The van der Waals surface area contributed by atoms with Gasteiger partial charge in [-0.2, -0.15) is 0 Å². The van der Waals surface area contributed by atoms with Gasteiger partial charge in [-0.05, 0) is 37.4 Å². The van der Waals surface area contributed by atoms with Crippen LogP contribution in [0.3, 0.4) is 0 Å². The van der Waals surface area contributed by atoms with E-state index >= 15 is 0 Å². The van der Waals surface area contributed by atoms with E-state index in [2.05, 4.69) is 41.4 Å². The molecule has 0 aliphatic carbocycles. The van der Waals surface area contributed by atoms with Crippen LogP contribution in [-0.2, 0) is 4.74 Å². The van der Waals surface area contributed by atoms with Gasteiger partial charge in [0.25, 0.3) is 0 Å². The summed E-state index contributed by atoms with van der Waals surface area (Å²) >= 11 is 0. The Morgan fingerprint density at radius 3 is 3.00 bits per heavy atom. The predicted octanol–water partition coefficient (Wildman–Crippen LogP) is 2.33. The van der Waals surface area contributed by atoms with Crippen LogP contribution in [0.5, 0.6) is 0 Å². The monoisotopic (exact) mass is 292 g/mol. The number of nitrogens with zero attached hydrogens (tertiary/aromatic N) is 1. The van der Waals surface area contributed by atoms with Gasteiger partial charge in [-0.3, -0.25) is 0 Å². The van der Waals surface area contributed by atoms with E-state index in [0.717, 1.165) is 32.4 Å². The second-order valence-corrected chi connectivity index (χ2v) is 5.76. The molecule has 0 bridgehead atoms. The van der Waals surface area contributed by atoms with Crippen LogP contribution < -0.4 is 10.2 Å². The number of rotatable bonds is 7. The number of methoxy groups -OCH3 is 1. The summed E-state index contributed by atoms with van der Waals surface area (Å²) in [5.74, 6) is 0. The molecule has 118 valence electrons. The highest BCUT2D eigenvalue weighted by Gasteiger charge is 2.23. The summed E-state index contributed by atoms with van der Waals surface area (Å²) in [5.41, 5.74) is 2.60. The summed E-state index contributed by atoms with van der Waals surface area (Å²) in [6.45, 7) is 5.25. The number of ether oxygens (including phenoxy) is 1. The Bertz CT molecular complexity index is 425. The van der Waals surface area contributed by atoms with Crippen LogP contribution in [0.2, 0.25) is 0 Å². The van der Waals surface area contributed by atoms with Crippen LogP contribution in [0.25, 0.3) is 0 Å². The molecule has 0 fully saturated rings. The van der Waals surface area contributed by atoms with E-state index in [1.807, 2.05) is 0 Å². The molecule has 0 saturated heterocycles. The number of aliphatic hydroxyl groups excluding tert-OH is 1. The Hall–Kier alpha value is -1.10. The number of hydrogen-bond donors (Lipinski definition) is 2. The molecule has 2 atom stereocenters. The number of β-amino-alcohol motifs (C(OH)–C–C–N with tert-alkyl or cyclic N) is 1. The first kappa shape index (κ1) is 16.3. The van der Waals surface area contributed by atoms with E-state index < -0.39 is 6.10 Å². The summed E-state index contributed by atoms with van der Waals surface area (Å²) < 4.78 is 5.05. The van der Waals surface area contributed by atoms with Crippen LogP contribution in [0.15, 0.2) is 24.3 Å². The molecule has 1 heterocycles. The van der Waals surface area contributed by atoms with Crippen LogP contribution in [0.1, 0.15) is 37.8 Å². The van der Waals surface area contributed by atoms with E-state index in [1.54, 1.807) is 7.11 Å². The number of benzene rings is 1. The lowest BCUT2D eigenvalue weighted by Gasteiger charge is -2.28. The molecule has 2 rings (SSSR count). The Morgan fingerprint density at radius 1 is 1.43 bits per heavy atom. The standard InChI is InChI=1S/C17H28N2O2/c1-3-10-18-16-8-6-11-19(12-14(20)13-21-2)17-9-5-4-7-15(16)17/h4-5,7,9,14,16,18,20H,3,6,8,10-13H2,1-2H3. The highest BCUT2D eigenvalue weighted by Crippen LogP contribution is 2.32. The van der Waals surface area contributed by atoms with Crippen molar-refractivity contribution in [2.45, 2.75) is 38.3 Å². The van der Waals surface area contributed by atoms with Crippen molar-refractivity contribution < 1.29 is 9.84 Å². The first-order chi connectivity index (χ1) is 10.3. The average molecular weight is 292 g/mol. The SMILES string of the molecule is CCCNC1CCCN(CC(O)COC)c2ccccc21. The van der Waals surface area contributed by atoms with Crippen molar-refractivity contribution in [2.75, 3.05) is 38.3 Å². The Labute approximate surface area is 128 Å². The molecule has 4 nitrogen and oxygen atoms in total. The molecule has 1 aliphatic heterocycles. The molecular weight excluding hydrogens is 264 g/mol. The Kier molecular flexibility index (Phi) is 6.49. The predicted molar refractivity (Wildman–Crippen MR) is 86.8 cm³/mol. The summed E-state index contributed by atoms with van der Waals surface area (Å²) in [4.78, 5) is 2.30. The lowest BCUT2D eigenvalue weighted by atomic mass is 10.0. The molecule has 21 heavy (non-hydrogen) atoms. The summed E-state index contributed by atoms with van der Waals surface area (Å²) in [6, 6.07) is 8.99. The fourth-order valence-corrected chi connectivity index (χ4v) is 3.05. The van der Waals surface area contributed by atoms with Gasteiger partial charge in [-0.25, -0.2) is 0 Å². The molecule has 0 radical (unpaired) electrons. The van der Waals surface area contributed by atoms with E-state index in [4.69, 9.17) is 4.74 Å². The number of anilines is 1. The van der Waals surface area contributed by atoms with Gasteiger partial charge in [0.15, 0.2) is 0 Å². The van der Waals surface area contributed by atoms with Gasteiger partial charge in [-0.1, -0.05) is 25.1 Å². The number of para-hydroxylation sites is 1. The summed E-state index contributed by atoms with van der Waals surface area (Å²) in [7, 11) is 1.63. The van der Waals surface area contributed by atoms with E-state index in [9.17, 15) is 5.11 Å². The van der Waals surface area contributed by atoms with E-state index in [1.165, 1.54) is 11.3 Å². The smallest absolute Gasteiger partial charge is 0.0947 e. The van der Waals surface area contributed by atoms with Crippen molar-refractivity contribution in [2.24, 2.45) is 0 Å². The maximum Gasteiger partial charge on any atom is 0.0947 e. The van der Waals surface area contributed by atoms with Crippen LogP contribution >= 0.6 is 0 Å². The molecule has 1 aromatic carbocycles. The first-order valence-electron chi connectivity index (χ1n) is 8.00. The van der Waals surface area contributed by atoms with Crippen LogP contribution in [0.4, 0.5) is 5.69 Å². The van der Waals surface area contributed by atoms with Crippen LogP contribution in [-0.4, -0.2) is 44.6 Å². The molecular formula is C17H28N2O2. The fraction of sp³-hybridized carbons (Fsp3) is 0.647. The fourth-order valence-electron chi connectivity index (χ4n) is 3.05. The number of hydrogen-bond acceptors (Lipinski definition) is 4. The molecule has 0 saturated carbocycles. The summed E-state index contributed by atoms with van der Waals surface area (Å²) in [6.07, 6.45) is 2.99. The van der Waals surface area contributed by atoms with Crippen LogP contribution in [0, 0.1) is 0 Å². The zero-order valence-electron chi connectivity index (χ0n) is 13.2. The van der Waals surface area contributed by atoms with Crippen molar-refractivity contribution in [3.63, 3.8) is 0 Å². The van der Waals surface area contributed by atoms with Crippen molar-refractivity contribution >= 4 is 5.69 Å². The van der Waals surface area contributed by atoms with Gasteiger partial charge in [-0.15, -0.1) is 0 Å². The van der Waals surface area contributed by atoms with E-state index in [-0.39, 0.29) is 0 Å². The van der Waals surface area contributed by atoms with Gasteiger partial charge in [0.2, 0.25) is 0 Å². The normalized spacial score (nSPS) is 20.0. The van der Waals surface area contributed by atoms with Gasteiger partial charge >= 0.3 is 0 Å². The zero-order valence-corrected chi connectivity index (χ0v) is 13.2. The molecule has 2 N–H and O–H groups in total. The molecule has 0 amide bonds. The van der Waals surface area contributed by atoms with Gasteiger partial charge in [0, 0.05) is 31.9 Å². The number of nitrogens with one attached hydrogen (secondary N) is 1. The van der Waals surface area contributed by atoms with Gasteiger partial charge in [0.1, 0.15) is 0 Å². The third kappa shape index (κ3) is 4.43. The minimum absolute atomic E-state index is 0.385. The summed E-state index contributed by atoms with van der Waals surface area (Å²) in [5, 5.41) is 13.7. The molecule has 0 aromatic heterocycles. The highest BCUT2D eigenvalue weighted by atomic mass is 16.5. The highest BCUT2D eigenvalue weighted by molar-refractivity contribution is 5.56. The lowest BCUT2D eigenvalue weighted by Crippen LogP contribution is -2.35.